The van der Waals surface area contributed by atoms with Crippen molar-refractivity contribution in [3.05, 3.63) is 76.0 Å². The maximum absolute atomic E-state index is 12.7. The SMILES string of the molecule is CC(=C1C(=O)c2ccccc2C1=O)N1CCN(c2cccc(Cl)c2)CC1. The van der Waals surface area contributed by atoms with E-state index in [0.717, 1.165) is 42.6 Å². The number of nitrogens with zero attached hydrogens (tertiary/aromatic N) is 2. The average molecular weight is 367 g/mol. The summed E-state index contributed by atoms with van der Waals surface area (Å²) in [4.78, 5) is 29.8. The number of piperazine rings is 1. The van der Waals surface area contributed by atoms with Gasteiger partial charge in [0, 0.05) is 53.7 Å². The van der Waals surface area contributed by atoms with Crippen LogP contribution in [0, 0.1) is 0 Å². The van der Waals surface area contributed by atoms with Crippen molar-refractivity contribution < 1.29 is 9.59 Å². The molecule has 5 heteroatoms. The van der Waals surface area contributed by atoms with Crippen molar-refractivity contribution >= 4 is 28.9 Å². The summed E-state index contributed by atoms with van der Waals surface area (Å²) in [6, 6.07) is 14.9. The Morgan fingerprint density at radius 3 is 2.08 bits per heavy atom. The third-order valence-corrected chi connectivity index (χ3v) is 5.39. The fourth-order valence-corrected chi connectivity index (χ4v) is 3.90. The summed E-state index contributed by atoms with van der Waals surface area (Å²) in [5, 5.41) is 0.725. The predicted octanol–water partition coefficient (Wildman–Crippen LogP) is 3.82. The van der Waals surface area contributed by atoms with Gasteiger partial charge in [-0.1, -0.05) is 41.9 Å². The fraction of sp³-hybridized carbons (Fsp3) is 0.238. The lowest BCUT2D eigenvalue weighted by Crippen LogP contribution is -2.46. The second-order valence-electron chi connectivity index (χ2n) is 6.62. The minimum Gasteiger partial charge on any atom is -0.371 e. The summed E-state index contributed by atoms with van der Waals surface area (Å²) in [5.74, 6) is -0.305. The zero-order valence-electron chi connectivity index (χ0n) is 14.5. The van der Waals surface area contributed by atoms with Gasteiger partial charge in [-0.25, -0.2) is 0 Å². The van der Waals surface area contributed by atoms with Crippen LogP contribution in [-0.4, -0.2) is 42.6 Å². The first-order valence-corrected chi connectivity index (χ1v) is 9.09. The quantitative estimate of drug-likeness (QED) is 0.598. The van der Waals surface area contributed by atoms with E-state index in [0.29, 0.717) is 16.7 Å². The first-order valence-electron chi connectivity index (χ1n) is 8.71. The van der Waals surface area contributed by atoms with Crippen LogP contribution in [0.15, 0.2) is 59.8 Å². The number of hydrogen-bond donors (Lipinski definition) is 0. The lowest BCUT2D eigenvalue weighted by atomic mass is 10.1. The van der Waals surface area contributed by atoms with Crippen LogP contribution in [0.4, 0.5) is 5.69 Å². The zero-order chi connectivity index (χ0) is 18.3. The van der Waals surface area contributed by atoms with Crippen molar-refractivity contribution in [1.29, 1.82) is 0 Å². The summed E-state index contributed by atoms with van der Waals surface area (Å²) in [6.45, 7) is 5.05. The molecule has 4 nitrogen and oxygen atoms in total. The highest BCUT2D eigenvalue weighted by Crippen LogP contribution is 2.30. The molecule has 0 radical (unpaired) electrons. The Hall–Kier alpha value is -2.59. The summed E-state index contributed by atoms with van der Waals surface area (Å²) < 4.78 is 0. The maximum atomic E-state index is 12.7. The number of Topliss-reactive ketones (excluding diaryl/α,β-unsaturated/α-hetero) is 2. The molecule has 0 N–H and O–H groups in total. The average Bonchev–Trinajstić information content (AvgIpc) is 2.92. The van der Waals surface area contributed by atoms with Gasteiger partial charge in [-0.2, -0.15) is 0 Å². The normalized spacial score (nSPS) is 16.9. The molecule has 0 bridgehead atoms. The molecule has 1 aliphatic carbocycles. The summed E-state index contributed by atoms with van der Waals surface area (Å²) in [7, 11) is 0. The summed E-state index contributed by atoms with van der Waals surface area (Å²) in [5.41, 5.74) is 3.24. The number of hydrogen-bond acceptors (Lipinski definition) is 4. The first-order chi connectivity index (χ1) is 12.6. The Morgan fingerprint density at radius 1 is 0.885 bits per heavy atom. The summed E-state index contributed by atoms with van der Waals surface area (Å²) in [6.07, 6.45) is 0. The molecular weight excluding hydrogens is 348 g/mol. The highest BCUT2D eigenvalue weighted by atomic mass is 35.5. The predicted molar refractivity (Wildman–Crippen MR) is 103 cm³/mol. The van der Waals surface area contributed by atoms with Crippen LogP contribution < -0.4 is 4.90 Å². The van der Waals surface area contributed by atoms with E-state index in [-0.39, 0.29) is 11.6 Å². The first kappa shape index (κ1) is 16.9. The number of allylic oxidation sites excluding steroid dienone is 2. The molecule has 1 aliphatic heterocycles. The van der Waals surface area contributed by atoms with Crippen molar-refractivity contribution in [1.82, 2.24) is 4.90 Å². The third kappa shape index (κ3) is 2.80. The van der Waals surface area contributed by atoms with Gasteiger partial charge in [-0.05, 0) is 25.1 Å². The van der Waals surface area contributed by atoms with Crippen LogP contribution in [0.25, 0.3) is 0 Å². The smallest absolute Gasteiger partial charge is 0.199 e. The maximum Gasteiger partial charge on any atom is 0.199 e. The molecule has 4 rings (SSSR count). The van der Waals surface area contributed by atoms with E-state index >= 15 is 0 Å². The highest BCUT2D eigenvalue weighted by molar-refractivity contribution is 6.39. The molecule has 2 aliphatic rings. The van der Waals surface area contributed by atoms with Crippen molar-refractivity contribution in [3.63, 3.8) is 0 Å². The number of anilines is 1. The van der Waals surface area contributed by atoms with Crippen LogP contribution in [-0.2, 0) is 0 Å². The largest absolute Gasteiger partial charge is 0.371 e. The van der Waals surface area contributed by atoms with Crippen molar-refractivity contribution in [2.45, 2.75) is 6.92 Å². The number of carbonyl (C=O) groups is 2. The molecular formula is C21H19ClN2O2. The van der Waals surface area contributed by atoms with Crippen molar-refractivity contribution in [2.24, 2.45) is 0 Å². The van der Waals surface area contributed by atoms with E-state index in [1.165, 1.54) is 0 Å². The van der Waals surface area contributed by atoms with Crippen molar-refractivity contribution in [3.8, 4) is 0 Å². The molecule has 132 valence electrons. The van der Waals surface area contributed by atoms with E-state index in [1.54, 1.807) is 24.3 Å². The van der Waals surface area contributed by atoms with E-state index in [9.17, 15) is 9.59 Å². The topological polar surface area (TPSA) is 40.6 Å². The third-order valence-electron chi connectivity index (χ3n) is 5.16. The van der Waals surface area contributed by atoms with Gasteiger partial charge < -0.3 is 9.80 Å². The molecule has 2 aromatic carbocycles. The number of halogens is 1. The van der Waals surface area contributed by atoms with Gasteiger partial charge in [0.1, 0.15) is 0 Å². The fourth-order valence-electron chi connectivity index (χ4n) is 3.71. The number of rotatable bonds is 2. The van der Waals surface area contributed by atoms with Gasteiger partial charge in [0.25, 0.3) is 0 Å². The molecule has 0 amide bonds. The molecule has 0 atom stereocenters. The molecule has 0 aromatic heterocycles. The Kier molecular flexibility index (Phi) is 4.29. The lowest BCUT2D eigenvalue weighted by Gasteiger charge is -2.38. The van der Waals surface area contributed by atoms with Crippen LogP contribution in [0.3, 0.4) is 0 Å². The molecule has 2 aromatic rings. The number of ketones is 2. The Morgan fingerprint density at radius 2 is 1.50 bits per heavy atom. The Balaban J connectivity index is 1.54. The van der Waals surface area contributed by atoms with E-state index < -0.39 is 0 Å². The Bertz CT molecular complexity index is 890. The Labute approximate surface area is 157 Å². The molecule has 0 unspecified atom stereocenters. The standard InChI is InChI=1S/C21H19ClN2O2/c1-14(19-20(25)17-7-2-3-8-18(17)21(19)26)23-9-11-24(12-10-23)16-6-4-5-15(22)13-16/h2-8,13H,9-12H2,1H3. The van der Waals surface area contributed by atoms with Gasteiger partial charge in [0.05, 0.1) is 5.57 Å². The molecule has 26 heavy (non-hydrogen) atoms. The van der Waals surface area contributed by atoms with Gasteiger partial charge in [-0.15, -0.1) is 0 Å². The number of fused-ring (bicyclic) bond motifs is 1. The minimum absolute atomic E-state index is 0.152. The molecule has 0 saturated carbocycles. The van der Waals surface area contributed by atoms with Crippen molar-refractivity contribution in [2.75, 3.05) is 31.1 Å². The molecule has 1 saturated heterocycles. The minimum atomic E-state index is -0.152. The monoisotopic (exact) mass is 366 g/mol. The van der Waals surface area contributed by atoms with Gasteiger partial charge in [0.15, 0.2) is 11.6 Å². The summed E-state index contributed by atoms with van der Waals surface area (Å²) >= 11 is 6.09. The second-order valence-corrected chi connectivity index (χ2v) is 7.05. The van der Waals surface area contributed by atoms with Gasteiger partial charge in [-0.3, -0.25) is 9.59 Å². The van der Waals surface area contributed by atoms with E-state index in [1.807, 2.05) is 31.2 Å². The van der Waals surface area contributed by atoms with E-state index in [4.69, 9.17) is 11.6 Å². The highest BCUT2D eigenvalue weighted by Gasteiger charge is 2.35. The molecule has 1 heterocycles. The zero-order valence-corrected chi connectivity index (χ0v) is 15.3. The van der Waals surface area contributed by atoms with E-state index in [2.05, 4.69) is 9.80 Å². The van der Waals surface area contributed by atoms with Gasteiger partial charge >= 0.3 is 0 Å². The number of carbonyl (C=O) groups excluding carboxylic acids is 2. The lowest BCUT2D eigenvalue weighted by molar-refractivity contribution is 0.0982. The van der Waals surface area contributed by atoms with Gasteiger partial charge in [0.2, 0.25) is 0 Å². The molecule has 1 fully saturated rings. The van der Waals surface area contributed by atoms with Crippen LogP contribution >= 0.6 is 11.6 Å². The van der Waals surface area contributed by atoms with Crippen LogP contribution in [0.2, 0.25) is 5.02 Å². The molecule has 0 spiro atoms. The second kappa shape index (κ2) is 6.61. The van der Waals surface area contributed by atoms with Crippen LogP contribution in [0.5, 0.6) is 0 Å². The number of benzene rings is 2. The van der Waals surface area contributed by atoms with Crippen LogP contribution in [0.1, 0.15) is 27.6 Å².